The molecule has 1 aromatic heterocycles. The van der Waals surface area contributed by atoms with Gasteiger partial charge in [0.05, 0.1) is 17.6 Å². The summed E-state index contributed by atoms with van der Waals surface area (Å²) < 4.78 is 0. The third-order valence-electron chi connectivity index (χ3n) is 5.48. The van der Waals surface area contributed by atoms with Gasteiger partial charge in [0.1, 0.15) is 11.3 Å². The zero-order chi connectivity index (χ0) is 21.5. The second-order valence-electron chi connectivity index (χ2n) is 7.43. The highest BCUT2D eigenvalue weighted by atomic mass is 32.1. The fraction of sp³-hybridized carbons (Fsp3) is 0.174. The Bertz CT molecular complexity index is 1190. The van der Waals surface area contributed by atoms with Gasteiger partial charge in [-0.1, -0.05) is 24.3 Å². The lowest BCUT2D eigenvalue weighted by molar-refractivity contribution is -0.130. The Balaban J connectivity index is 1.83. The molecule has 0 radical (unpaired) electrons. The zero-order valence-electron chi connectivity index (χ0n) is 16.5. The monoisotopic (exact) mass is 416 g/mol. The Morgan fingerprint density at radius 2 is 1.93 bits per heavy atom. The van der Waals surface area contributed by atoms with Crippen LogP contribution in [0.4, 0.5) is 0 Å². The van der Waals surface area contributed by atoms with Crippen LogP contribution in [0, 0.1) is 11.3 Å². The van der Waals surface area contributed by atoms with Crippen LogP contribution >= 0.6 is 11.3 Å². The lowest BCUT2D eigenvalue weighted by Gasteiger charge is -2.40. The molecule has 30 heavy (non-hydrogen) atoms. The summed E-state index contributed by atoms with van der Waals surface area (Å²) in [6.45, 7) is 1.91. The number of amides is 1. The van der Waals surface area contributed by atoms with Crippen molar-refractivity contribution in [2.24, 2.45) is 10.7 Å². The Hall–Kier alpha value is -3.63. The number of nitriles is 1. The van der Waals surface area contributed by atoms with Crippen LogP contribution in [-0.4, -0.2) is 28.9 Å². The maximum atomic E-state index is 13.2. The van der Waals surface area contributed by atoms with Gasteiger partial charge in [0.15, 0.2) is 5.96 Å². The molecule has 1 amide bonds. The summed E-state index contributed by atoms with van der Waals surface area (Å²) >= 11 is 1.50. The quantitative estimate of drug-likeness (QED) is 0.678. The summed E-state index contributed by atoms with van der Waals surface area (Å²) in [6.07, 6.45) is 0. The summed E-state index contributed by atoms with van der Waals surface area (Å²) in [5, 5.41) is 20.9. The first-order chi connectivity index (χ1) is 14.3. The van der Waals surface area contributed by atoms with E-state index in [0.29, 0.717) is 5.56 Å². The van der Waals surface area contributed by atoms with Gasteiger partial charge in [-0.3, -0.25) is 9.69 Å². The number of hydrogen-bond donors (Lipinski definition) is 2. The zero-order valence-corrected chi connectivity index (χ0v) is 17.4. The van der Waals surface area contributed by atoms with Gasteiger partial charge in [-0.2, -0.15) is 5.26 Å². The number of phenols is 1. The van der Waals surface area contributed by atoms with Crippen LogP contribution in [0.3, 0.4) is 0 Å². The Labute approximate surface area is 178 Å². The molecule has 0 saturated heterocycles. The van der Waals surface area contributed by atoms with Gasteiger partial charge in [-0.15, -0.1) is 11.3 Å². The molecule has 1 aliphatic heterocycles. The van der Waals surface area contributed by atoms with E-state index in [4.69, 9.17) is 10.7 Å². The second-order valence-corrected chi connectivity index (χ2v) is 8.34. The van der Waals surface area contributed by atoms with Crippen molar-refractivity contribution in [2.75, 3.05) is 7.05 Å². The number of benzene rings is 2. The molecular formula is C23H20N4O2S. The minimum Gasteiger partial charge on any atom is -0.508 e. The van der Waals surface area contributed by atoms with Crippen molar-refractivity contribution in [3.05, 3.63) is 76.0 Å². The van der Waals surface area contributed by atoms with Crippen LogP contribution < -0.4 is 5.73 Å². The van der Waals surface area contributed by atoms with E-state index in [0.717, 1.165) is 21.6 Å². The van der Waals surface area contributed by atoms with Crippen LogP contribution in [0.25, 0.3) is 11.1 Å². The van der Waals surface area contributed by atoms with Crippen molar-refractivity contribution in [3.63, 3.8) is 0 Å². The van der Waals surface area contributed by atoms with Crippen molar-refractivity contribution in [1.29, 1.82) is 5.26 Å². The van der Waals surface area contributed by atoms with E-state index >= 15 is 0 Å². The highest BCUT2D eigenvalue weighted by molar-refractivity contribution is 7.10. The average Bonchev–Trinajstić information content (AvgIpc) is 3.25. The van der Waals surface area contributed by atoms with E-state index in [2.05, 4.69) is 6.07 Å². The lowest BCUT2D eigenvalue weighted by Crippen LogP contribution is -2.52. The molecule has 2 heterocycles. The minimum absolute atomic E-state index is 0.135. The number of nitrogens with two attached hydrogens (primary N) is 1. The number of hydrogen-bond acceptors (Lipinski definition) is 6. The molecule has 4 rings (SSSR count). The Morgan fingerprint density at radius 1 is 1.20 bits per heavy atom. The molecule has 2 unspecified atom stereocenters. The number of phenolic OH excluding ortho intramolecular Hbond substituents is 1. The van der Waals surface area contributed by atoms with Gasteiger partial charge in [-0.05, 0) is 59.3 Å². The third-order valence-corrected chi connectivity index (χ3v) is 6.64. The average molecular weight is 417 g/mol. The van der Waals surface area contributed by atoms with Crippen molar-refractivity contribution in [1.82, 2.24) is 4.90 Å². The third kappa shape index (κ3) is 3.21. The van der Waals surface area contributed by atoms with Crippen LogP contribution in [0.5, 0.6) is 5.75 Å². The van der Waals surface area contributed by atoms with Gasteiger partial charge < -0.3 is 10.8 Å². The molecule has 0 fully saturated rings. The first-order valence-corrected chi connectivity index (χ1v) is 10.2. The van der Waals surface area contributed by atoms with E-state index in [-0.39, 0.29) is 17.6 Å². The van der Waals surface area contributed by atoms with Crippen molar-refractivity contribution in [2.45, 2.75) is 18.4 Å². The molecule has 3 aromatic rings. The molecule has 0 aliphatic carbocycles. The molecule has 2 atom stereocenters. The summed E-state index contributed by atoms with van der Waals surface area (Å²) in [5.74, 6) is -0.445. The Morgan fingerprint density at radius 3 is 2.63 bits per heavy atom. The van der Waals surface area contributed by atoms with Crippen molar-refractivity contribution in [3.8, 4) is 22.9 Å². The van der Waals surface area contributed by atoms with E-state index in [9.17, 15) is 15.2 Å². The number of rotatable bonds is 3. The number of aliphatic imine (C=N–C) groups is 1. The summed E-state index contributed by atoms with van der Waals surface area (Å²) in [7, 11) is 1.61. The standard InChI is InChI=1S/C23H20N4O2S/c1-23(19-11-17(13-30-19)16-5-3-4-14(10-16)12-24)20(15-6-8-18(28)9-7-15)21(29)27(2)22(25)26-23/h3-11,13,20,28H,1-2H3,(H2,25,26). The number of nitrogens with zero attached hydrogens (tertiary/aromatic N) is 3. The summed E-state index contributed by atoms with van der Waals surface area (Å²) in [5.41, 5.74) is 8.41. The fourth-order valence-electron chi connectivity index (χ4n) is 3.78. The number of carbonyl (C=O) groups is 1. The van der Waals surface area contributed by atoms with Crippen molar-refractivity contribution >= 4 is 23.2 Å². The number of likely N-dealkylation sites (N-methyl/N-ethyl adjacent to an activating group) is 1. The van der Waals surface area contributed by atoms with Crippen molar-refractivity contribution < 1.29 is 9.90 Å². The maximum absolute atomic E-state index is 13.2. The topological polar surface area (TPSA) is 103 Å². The molecule has 7 heteroatoms. The number of aromatic hydroxyl groups is 1. The SMILES string of the molecule is CN1C(=O)C(c2ccc(O)cc2)C(C)(c2cc(-c3cccc(C#N)c3)cs2)N=C1N. The highest BCUT2D eigenvalue weighted by Crippen LogP contribution is 2.47. The molecule has 2 aromatic carbocycles. The van der Waals surface area contributed by atoms with Gasteiger partial charge in [-0.25, -0.2) is 4.99 Å². The van der Waals surface area contributed by atoms with Crippen LogP contribution in [-0.2, 0) is 10.3 Å². The van der Waals surface area contributed by atoms with Gasteiger partial charge in [0.25, 0.3) is 0 Å². The molecule has 0 saturated carbocycles. The molecule has 150 valence electrons. The number of guanidine groups is 1. The maximum Gasteiger partial charge on any atom is 0.239 e. The van der Waals surface area contributed by atoms with E-state index < -0.39 is 11.5 Å². The number of carbonyl (C=O) groups excluding carboxylic acids is 1. The van der Waals surface area contributed by atoms with Crippen LogP contribution in [0.2, 0.25) is 0 Å². The second kappa shape index (κ2) is 7.32. The summed E-state index contributed by atoms with van der Waals surface area (Å²) in [4.78, 5) is 20.2. The highest BCUT2D eigenvalue weighted by Gasteiger charge is 2.48. The molecular weight excluding hydrogens is 396 g/mol. The molecule has 0 bridgehead atoms. The first kappa shape index (κ1) is 19.7. The molecule has 0 spiro atoms. The number of thiophene rings is 1. The van der Waals surface area contributed by atoms with E-state index in [1.54, 1.807) is 37.4 Å². The molecule has 6 nitrogen and oxygen atoms in total. The van der Waals surface area contributed by atoms with E-state index in [1.807, 2.05) is 36.6 Å². The Kier molecular flexibility index (Phi) is 4.80. The van der Waals surface area contributed by atoms with Gasteiger partial charge in [0, 0.05) is 11.9 Å². The summed E-state index contributed by atoms with van der Waals surface area (Å²) in [6, 6.07) is 18.2. The smallest absolute Gasteiger partial charge is 0.239 e. The normalized spacial score (nSPS) is 21.2. The lowest BCUT2D eigenvalue weighted by atomic mass is 9.77. The largest absolute Gasteiger partial charge is 0.508 e. The fourth-order valence-corrected chi connectivity index (χ4v) is 4.83. The predicted molar refractivity (Wildman–Crippen MR) is 117 cm³/mol. The van der Waals surface area contributed by atoms with Crippen LogP contribution in [0.1, 0.15) is 28.8 Å². The molecule has 1 aliphatic rings. The molecule has 3 N–H and O–H groups in total. The minimum atomic E-state index is -0.902. The van der Waals surface area contributed by atoms with Crippen LogP contribution in [0.15, 0.2) is 65.0 Å². The van der Waals surface area contributed by atoms with Gasteiger partial charge >= 0.3 is 0 Å². The van der Waals surface area contributed by atoms with E-state index in [1.165, 1.54) is 16.2 Å². The van der Waals surface area contributed by atoms with Gasteiger partial charge in [0.2, 0.25) is 5.91 Å². The first-order valence-electron chi connectivity index (χ1n) is 9.35. The predicted octanol–water partition coefficient (Wildman–Crippen LogP) is 3.78.